The molecule has 5 nitrogen and oxygen atoms in total. The summed E-state index contributed by atoms with van der Waals surface area (Å²) in [6.45, 7) is 0.152. The number of benzene rings is 1. The van der Waals surface area contributed by atoms with Crippen molar-refractivity contribution in [3.05, 3.63) is 53.1 Å². The zero-order valence-electron chi connectivity index (χ0n) is 11.0. The summed E-state index contributed by atoms with van der Waals surface area (Å²) >= 11 is 5.97. The van der Waals surface area contributed by atoms with Gasteiger partial charge in [0.1, 0.15) is 12.4 Å². The highest BCUT2D eigenvalue weighted by atomic mass is 35.5. The van der Waals surface area contributed by atoms with Gasteiger partial charge in [0.15, 0.2) is 0 Å². The van der Waals surface area contributed by atoms with Crippen molar-refractivity contribution < 1.29 is 14.6 Å². The van der Waals surface area contributed by atoms with Gasteiger partial charge >= 0.3 is 5.97 Å². The Morgan fingerprint density at radius 2 is 2.35 bits per heavy atom. The van der Waals surface area contributed by atoms with E-state index in [1.165, 1.54) is 7.11 Å². The number of imidazole rings is 1. The number of aliphatic hydroxyl groups excluding tert-OH is 1. The Bertz CT molecular complexity index is 598. The highest BCUT2D eigenvalue weighted by molar-refractivity contribution is 6.30. The lowest BCUT2D eigenvalue weighted by atomic mass is 9.99. The summed E-state index contributed by atoms with van der Waals surface area (Å²) in [5, 5.41) is 9.77. The number of aliphatic hydroxyl groups is 1. The summed E-state index contributed by atoms with van der Waals surface area (Å²) < 4.78 is 6.58. The maximum absolute atomic E-state index is 12.0. The van der Waals surface area contributed by atoms with Crippen LogP contribution in [0, 0.1) is 0 Å². The Morgan fingerprint density at radius 1 is 1.55 bits per heavy atom. The van der Waals surface area contributed by atoms with Gasteiger partial charge in [-0.2, -0.15) is 0 Å². The van der Waals surface area contributed by atoms with Gasteiger partial charge in [0.2, 0.25) is 0 Å². The second-order valence-corrected chi connectivity index (χ2v) is 4.72. The molecule has 0 fully saturated rings. The van der Waals surface area contributed by atoms with Gasteiger partial charge in [-0.05, 0) is 17.7 Å². The van der Waals surface area contributed by atoms with Crippen molar-refractivity contribution in [3.63, 3.8) is 0 Å². The average Bonchev–Trinajstić information content (AvgIpc) is 2.91. The molecular weight excluding hydrogens is 280 g/mol. The first-order valence-corrected chi connectivity index (χ1v) is 6.47. The van der Waals surface area contributed by atoms with Crippen LogP contribution in [0.4, 0.5) is 0 Å². The SMILES string of the molecule is COC(=O)[C@H](Cn1ccnc1CO)c1cccc(Cl)c1. The van der Waals surface area contributed by atoms with E-state index in [2.05, 4.69) is 4.98 Å². The lowest BCUT2D eigenvalue weighted by Crippen LogP contribution is -2.21. The standard InChI is InChI=1S/C14H15ClN2O3/c1-20-14(19)12(10-3-2-4-11(15)7-10)8-17-6-5-16-13(17)9-18/h2-7,12,18H,8-9H2,1H3/t12-/m1/s1. The van der Waals surface area contributed by atoms with E-state index in [1.807, 2.05) is 6.07 Å². The first-order valence-electron chi connectivity index (χ1n) is 6.10. The first kappa shape index (κ1) is 14.6. The number of carbonyl (C=O) groups is 1. The van der Waals surface area contributed by atoms with Gasteiger partial charge in [0, 0.05) is 24.0 Å². The number of rotatable bonds is 5. The average molecular weight is 295 g/mol. The maximum Gasteiger partial charge on any atom is 0.314 e. The van der Waals surface area contributed by atoms with Crippen LogP contribution in [0.15, 0.2) is 36.7 Å². The molecule has 0 unspecified atom stereocenters. The Hall–Kier alpha value is -1.85. The quantitative estimate of drug-likeness (QED) is 0.857. The minimum Gasteiger partial charge on any atom is -0.468 e. The Balaban J connectivity index is 2.31. The Kier molecular flexibility index (Phi) is 4.76. The van der Waals surface area contributed by atoms with Crippen LogP contribution in [-0.4, -0.2) is 27.7 Å². The molecule has 2 rings (SSSR count). The molecule has 0 aliphatic rings. The topological polar surface area (TPSA) is 64.4 Å². The van der Waals surface area contributed by atoms with Gasteiger partial charge in [-0.25, -0.2) is 4.98 Å². The summed E-state index contributed by atoms with van der Waals surface area (Å²) in [6.07, 6.45) is 3.30. The maximum atomic E-state index is 12.0. The lowest BCUT2D eigenvalue weighted by Gasteiger charge is -2.17. The lowest BCUT2D eigenvalue weighted by molar-refractivity contribution is -0.142. The van der Waals surface area contributed by atoms with E-state index in [9.17, 15) is 9.90 Å². The number of carbonyl (C=O) groups excluding carboxylic acids is 1. The third-order valence-corrected chi connectivity index (χ3v) is 3.29. The van der Waals surface area contributed by atoms with Crippen LogP contribution >= 0.6 is 11.6 Å². The Morgan fingerprint density at radius 3 is 3.00 bits per heavy atom. The van der Waals surface area contributed by atoms with E-state index in [-0.39, 0.29) is 12.6 Å². The monoisotopic (exact) mass is 294 g/mol. The molecule has 0 aliphatic carbocycles. The summed E-state index contributed by atoms with van der Waals surface area (Å²) in [5.74, 6) is -0.357. The normalized spacial score (nSPS) is 12.2. The van der Waals surface area contributed by atoms with Crippen LogP contribution in [0.25, 0.3) is 0 Å². The van der Waals surface area contributed by atoms with Crippen LogP contribution in [0.2, 0.25) is 5.02 Å². The van der Waals surface area contributed by atoms with Gasteiger partial charge < -0.3 is 14.4 Å². The van der Waals surface area contributed by atoms with Crippen molar-refractivity contribution in [1.82, 2.24) is 9.55 Å². The van der Waals surface area contributed by atoms with Crippen LogP contribution in [0.5, 0.6) is 0 Å². The number of halogens is 1. The number of ether oxygens (including phenoxy) is 1. The highest BCUT2D eigenvalue weighted by Gasteiger charge is 2.23. The van der Waals surface area contributed by atoms with Crippen LogP contribution in [-0.2, 0) is 22.7 Å². The highest BCUT2D eigenvalue weighted by Crippen LogP contribution is 2.23. The molecule has 1 N–H and O–H groups in total. The fourth-order valence-electron chi connectivity index (χ4n) is 2.04. The molecular formula is C14H15ClN2O3. The predicted molar refractivity (Wildman–Crippen MR) is 74.4 cm³/mol. The van der Waals surface area contributed by atoms with Gasteiger partial charge in [-0.3, -0.25) is 4.79 Å². The smallest absolute Gasteiger partial charge is 0.314 e. The van der Waals surface area contributed by atoms with Crippen LogP contribution in [0.1, 0.15) is 17.3 Å². The molecule has 2 aromatic rings. The molecule has 6 heteroatoms. The zero-order valence-corrected chi connectivity index (χ0v) is 11.7. The number of hydrogen-bond donors (Lipinski definition) is 1. The predicted octanol–water partition coefficient (Wildman–Crippen LogP) is 1.99. The molecule has 20 heavy (non-hydrogen) atoms. The molecule has 1 aromatic carbocycles. The fourth-order valence-corrected chi connectivity index (χ4v) is 2.23. The third-order valence-electron chi connectivity index (χ3n) is 3.06. The van der Waals surface area contributed by atoms with E-state index < -0.39 is 5.92 Å². The summed E-state index contributed by atoms with van der Waals surface area (Å²) in [4.78, 5) is 16.0. The van der Waals surface area contributed by atoms with E-state index in [0.29, 0.717) is 17.4 Å². The minimum absolute atomic E-state index is 0.184. The van der Waals surface area contributed by atoms with E-state index in [1.54, 1.807) is 35.2 Å². The molecule has 1 aromatic heterocycles. The number of nitrogens with zero attached hydrogens (tertiary/aromatic N) is 2. The fraction of sp³-hybridized carbons (Fsp3) is 0.286. The first-order chi connectivity index (χ1) is 9.65. The molecule has 0 aliphatic heterocycles. The molecule has 0 saturated heterocycles. The van der Waals surface area contributed by atoms with Crippen LogP contribution < -0.4 is 0 Å². The van der Waals surface area contributed by atoms with Gasteiger partial charge in [-0.1, -0.05) is 23.7 Å². The summed E-state index contributed by atoms with van der Waals surface area (Å²) in [6, 6.07) is 7.09. The molecule has 106 valence electrons. The molecule has 0 spiro atoms. The molecule has 1 heterocycles. The minimum atomic E-state index is -0.502. The summed E-state index contributed by atoms with van der Waals surface area (Å²) in [7, 11) is 1.35. The van der Waals surface area contributed by atoms with E-state index in [4.69, 9.17) is 16.3 Å². The van der Waals surface area contributed by atoms with Gasteiger partial charge in [-0.15, -0.1) is 0 Å². The van der Waals surface area contributed by atoms with Gasteiger partial charge in [0.25, 0.3) is 0 Å². The number of methoxy groups -OCH3 is 1. The molecule has 0 bridgehead atoms. The molecule has 0 saturated carbocycles. The third kappa shape index (κ3) is 3.18. The molecule has 0 radical (unpaired) electrons. The number of esters is 1. The Labute approximate surface area is 121 Å². The number of hydrogen-bond acceptors (Lipinski definition) is 4. The summed E-state index contributed by atoms with van der Waals surface area (Å²) in [5.41, 5.74) is 0.766. The molecule has 0 amide bonds. The zero-order chi connectivity index (χ0) is 14.5. The van der Waals surface area contributed by atoms with E-state index in [0.717, 1.165) is 5.56 Å². The largest absolute Gasteiger partial charge is 0.468 e. The molecule has 1 atom stereocenters. The van der Waals surface area contributed by atoms with Crippen LogP contribution in [0.3, 0.4) is 0 Å². The van der Waals surface area contributed by atoms with E-state index >= 15 is 0 Å². The van der Waals surface area contributed by atoms with Crippen molar-refractivity contribution in [3.8, 4) is 0 Å². The van der Waals surface area contributed by atoms with Crippen molar-refractivity contribution in [1.29, 1.82) is 0 Å². The number of aromatic nitrogens is 2. The van der Waals surface area contributed by atoms with Crippen molar-refractivity contribution >= 4 is 17.6 Å². The van der Waals surface area contributed by atoms with Gasteiger partial charge in [0.05, 0.1) is 13.0 Å². The van der Waals surface area contributed by atoms with Crippen molar-refractivity contribution in [2.75, 3.05) is 7.11 Å². The van der Waals surface area contributed by atoms with Crippen molar-refractivity contribution in [2.24, 2.45) is 0 Å². The second kappa shape index (κ2) is 6.54. The van der Waals surface area contributed by atoms with Crippen molar-refractivity contribution in [2.45, 2.75) is 19.1 Å². The second-order valence-electron chi connectivity index (χ2n) is 4.28.